The summed E-state index contributed by atoms with van der Waals surface area (Å²) in [6.45, 7) is 3.71. The molecule has 1 aromatic rings. The van der Waals surface area contributed by atoms with Gasteiger partial charge in [0.2, 0.25) is 0 Å². The van der Waals surface area contributed by atoms with E-state index >= 15 is 0 Å². The SMILES string of the molecule is COC1(CNCc2ccc(/C(N)=N/O)cc2C)CCC1. The molecule has 1 aliphatic rings. The van der Waals surface area contributed by atoms with Crippen LogP contribution in [0.15, 0.2) is 23.4 Å². The number of nitrogens with zero attached hydrogens (tertiary/aromatic N) is 1. The van der Waals surface area contributed by atoms with Crippen molar-refractivity contribution in [2.24, 2.45) is 10.9 Å². The Bertz CT molecular complexity index is 490. The molecule has 2 rings (SSSR count). The largest absolute Gasteiger partial charge is 0.409 e. The molecule has 1 aliphatic carbocycles. The highest BCUT2D eigenvalue weighted by molar-refractivity contribution is 5.97. The molecule has 0 aliphatic heterocycles. The van der Waals surface area contributed by atoms with Gasteiger partial charge in [-0.3, -0.25) is 0 Å². The lowest BCUT2D eigenvalue weighted by atomic mass is 9.80. The monoisotopic (exact) mass is 277 g/mol. The quantitative estimate of drug-likeness (QED) is 0.320. The third kappa shape index (κ3) is 3.11. The van der Waals surface area contributed by atoms with Gasteiger partial charge in [-0.25, -0.2) is 0 Å². The number of hydrogen-bond donors (Lipinski definition) is 3. The molecule has 20 heavy (non-hydrogen) atoms. The fourth-order valence-corrected chi connectivity index (χ4v) is 2.56. The van der Waals surface area contributed by atoms with E-state index in [9.17, 15) is 0 Å². The van der Waals surface area contributed by atoms with Crippen molar-refractivity contribution >= 4 is 5.84 Å². The zero-order valence-electron chi connectivity index (χ0n) is 12.1. The Kier molecular flexibility index (Phi) is 4.62. The topological polar surface area (TPSA) is 79.9 Å². The smallest absolute Gasteiger partial charge is 0.170 e. The highest BCUT2D eigenvalue weighted by atomic mass is 16.5. The summed E-state index contributed by atoms with van der Waals surface area (Å²) in [4.78, 5) is 0. The van der Waals surface area contributed by atoms with Crippen molar-refractivity contribution in [3.05, 3.63) is 34.9 Å². The van der Waals surface area contributed by atoms with Gasteiger partial charge in [-0.05, 0) is 43.4 Å². The van der Waals surface area contributed by atoms with Crippen molar-refractivity contribution in [2.75, 3.05) is 13.7 Å². The molecule has 110 valence electrons. The Balaban J connectivity index is 1.93. The number of ether oxygens (including phenoxy) is 1. The van der Waals surface area contributed by atoms with E-state index in [1.165, 1.54) is 12.0 Å². The normalized spacial score (nSPS) is 17.8. The molecule has 0 amide bonds. The summed E-state index contributed by atoms with van der Waals surface area (Å²) in [7, 11) is 1.79. The highest BCUT2D eigenvalue weighted by Gasteiger charge is 2.36. The highest BCUT2D eigenvalue weighted by Crippen LogP contribution is 2.34. The van der Waals surface area contributed by atoms with Crippen LogP contribution in [-0.4, -0.2) is 30.3 Å². The van der Waals surface area contributed by atoms with Crippen LogP contribution < -0.4 is 11.1 Å². The number of methoxy groups -OCH3 is 1. The predicted molar refractivity (Wildman–Crippen MR) is 79.0 cm³/mol. The van der Waals surface area contributed by atoms with Gasteiger partial charge in [0.1, 0.15) is 0 Å². The van der Waals surface area contributed by atoms with Crippen LogP contribution >= 0.6 is 0 Å². The number of oxime groups is 1. The van der Waals surface area contributed by atoms with Crippen molar-refractivity contribution < 1.29 is 9.94 Å². The van der Waals surface area contributed by atoms with Crippen LogP contribution in [-0.2, 0) is 11.3 Å². The molecule has 0 heterocycles. The molecule has 0 atom stereocenters. The lowest BCUT2D eigenvalue weighted by Crippen LogP contribution is -2.47. The molecule has 1 fully saturated rings. The van der Waals surface area contributed by atoms with Crippen LogP contribution in [0.25, 0.3) is 0 Å². The van der Waals surface area contributed by atoms with Crippen molar-refractivity contribution in [3.8, 4) is 0 Å². The van der Waals surface area contributed by atoms with Crippen molar-refractivity contribution in [1.82, 2.24) is 5.32 Å². The Morgan fingerprint density at radius 1 is 1.50 bits per heavy atom. The van der Waals surface area contributed by atoms with E-state index in [2.05, 4.69) is 10.5 Å². The average Bonchev–Trinajstić information content (AvgIpc) is 2.42. The van der Waals surface area contributed by atoms with Crippen LogP contribution in [0, 0.1) is 6.92 Å². The Morgan fingerprint density at radius 3 is 2.75 bits per heavy atom. The molecular formula is C15H23N3O2. The first kappa shape index (κ1) is 14.8. The van der Waals surface area contributed by atoms with Gasteiger partial charge in [0.15, 0.2) is 5.84 Å². The Hall–Kier alpha value is -1.59. The summed E-state index contributed by atoms with van der Waals surface area (Å²) >= 11 is 0. The van der Waals surface area contributed by atoms with Crippen LogP contribution in [0.2, 0.25) is 0 Å². The van der Waals surface area contributed by atoms with E-state index in [1.54, 1.807) is 7.11 Å². The van der Waals surface area contributed by atoms with Crippen molar-refractivity contribution in [1.29, 1.82) is 0 Å². The van der Waals surface area contributed by atoms with E-state index in [1.807, 2.05) is 25.1 Å². The first-order chi connectivity index (χ1) is 9.60. The fourth-order valence-electron chi connectivity index (χ4n) is 2.56. The van der Waals surface area contributed by atoms with E-state index in [4.69, 9.17) is 15.7 Å². The minimum Gasteiger partial charge on any atom is -0.409 e. The molecule has 1 saturated carbocycles. The van der Waals surface area contributed by atoms with Crippen LogP contribution in [0.3, 0.4) is 0 Å². The number of aryl methyl sites for hydroxylation is 1. The second-order valence-electron chi connectivity index (χ2n) is 5.47. The maximum absolute atomic E-state index is 8.68. The first-order valence-electron chi connectivity index (χ1n) is 6.93. The zero-order valence-corrected chi connectivity index (χ0v) is 12.1. The molecule has 0 aromatic heterocycles. The van der Waals surface area contributed by atoms with Crippen molar-refractivity contribution in [2.45, 2.75) is 38.3 Å². The fraction of sp³-hybridized carbons (Fsp3) is 0.533. The third-order valence-electron chi connectivity index (χ3n) is 4.21. The minimum absolute atomic E-state index is 0.0435. The summed E-state index contributed by atoms with van der Waals surface area (Å²) in [6.07, 6.45) is 3.53. The lowest BCUT2D eigenvalue weighted by Gasteiger charge is -2.40. The second-order valence-corrected chi connectivity index (χ2v) is 5.47. The molecule has 0 saturated heterocycles. The number of benzene rings is 1. The Morgan fingerprint density at radius 2 is 2.25 bits per heavy atom. The van der Waals surface area contributed by atoms with E-state index in [-0.39, 0.29) is 11.4 Å². The maximum Gasteiger partial charge on any atom is 0.170 e. The molecule has 0 unspecified atom stereocenters. The molecule has 5 nitrogen and oxygen atoms in total. The number of nitrogens with one attached hydrogen (secondary N) is 1. The van der Waals surface area contributed by atoms with E-state index in [0.29, 0.717) is 0 Å². The zero-order chi connectivity index (χ0) is 14.6. The maximum atomic E-state index is 8.68. The number of nitrogens with two attached hydrogens (primary N) is 1. The van der Waals surface area contributed by atoms with E-state index < -0.39 is 0 Å². The third-order valence-corrected chi connectivity index (χ3v) is 4.21. The molecule has 0 spiro atoms. The van der Waals surface area contributed by atoms with E-state index in [0.717, 1.165) is 37.1 Å². The van der Waals surface area contributed by atoms with Gasteiger partial charge in [0, 0.05) is 25.8 Å². The number of rotatable bonds is 6. The summed E-state index contributed by atoms with van der Waals surface area (Å²) in [6, 6.07) is 5.81. The summed E-state index contributed by atoms with van der Waals surface area (Å²) in [5.41, 5.74) is 8.70. The molecule has 0 radical (unpaired) electrons. The van der Waals surface area contributed by atoms with Gasteiger partial charge >= 0.3 is 0 Å². The van der Waals surface area contributed by atoms with Crippen LogP contribution in [0.4, 0.5) is 0 Å². The number of hydrogen-bond acceptors (Lipinski definition) is 4. The molecule has 1 aromatic carbocycles. The first-order valence-corrected chi connectivity index (χ1v) is 6.93. The summed E-state index contributed by atoms with van der Waals surface area (Å²) in [5.74, 6) is 0.139. The molecule has 5 heteroatoms. The van der Waals surface area contributed by atoms with Crippen LogP contribution in [0.1, 0.15) is 36.0 Å². The lowest BCUT2D eigenvalue weighted by molar-refractivity contribution is -0.0695. The van der Waals surface area contributed by atoms with Gasteiger partial charge in [0.05, 0.1) is 5.60 Å². The van der Waals surface area contributed by atoms with Gasteiger partial charge < -0.3 is 21.0 Å². The predicted octanol–water partition coefficient (Wildman–Crippen LogP) is 1.75. The van der Waals surface area contributed by atoms with Gasteiger partial charge in [0.25, 0.3) is 0 Å². The molecular weight excluding hydrogens is 254 g/mol. The second kappa shape index (κ2) is 6.24. The molecule has 4 N–H and O–H groups in total. The molecule has 0 bridgehead atoms. The standard InChI is InChI=1S/C15H23N3O2/c1-11-8-12(14(16)18-19)4-5-13(11)9-17-10-15(20-2)6-3-7-15/h4-5,8,17,19H,3,6-7,9-10H2,1-2H3,(H2,16,18). The average molecular weight is 277 g/mol. The van der Waals surface area contributed by atoms with Gasteiger partial charge in [-0.1, -0.05) is 17.3 Å². The van der Waals surface area contributed by atoms with Gasteiger partial charge in [-0.15, -0.1) is 0 Å². The number of amidine groups is 1. The van der Waals surface area contributed by atoms with Crippen LogP contribution in [0.5, 0.6) is 0 Å². The van der Waals surface area contributed by atoms with Crippen molar-refractivity contribution in [3.63, 3.8) is 0 Å². The minimum atomic E-state index is 0.0435. The summed E-state index contributed by atoms with van der Waals surface area (Å²) in [5, 5.41) is 15.2. The summed E-state index contributed by atoms with van der Waals surface area (Å²) < 4.78 is 5.58. The van der Waals surface area contributed by atoms with Gasteiger partial charge in [-0.2, -0.15) is 0 Å². The Labute approximate surface area is 119 Å².